The van der Waals surface area contributed by atoms with E-state index in [0.29, 0.717) is 24.5 Å². The summed E-state index contributed by atoms with van der Waals surface area (Å²) in [6.45, 7) is 9.20. The molecule has 0 N–H and O–H groups in total. The molecule has 4 heterocycles. The quantitative estimate of drug-likeness (QED) is 0.752. The van der Waals surface area contributed by atoms with Gasteiger partial charge in [0, 0.05) is 56.1 Å². The predicted molar refractivity (Wildman–Crippen MR) is 115 cm³/mol. The number of rotatable bonds is 5. The van der Waals surface area contributed by atoms with Crippen molar-refractivity contribution >= 4 is 17.2 Å². The molecule has 0 aromatic carbocycles. The van der Waals surface area contributed by atoms with E-state index in [1.54, 1.807) is 17.5 Å². The Morgan fingerprint density at radius 3 is 2.69 bits per heavy atom. The molecule has 29 heavy (non-hydrogen) atoms. The van der Waals surface area contributed by atoms with Crippen molar-refractivity contribution in [2.45, 2.75) is 45.3 Å². The van der Waals surface area contributed by atoms with E-state index in [1.807, 2.05) is 28.6 Å². The zero-order chi connectivity index (χ0) is 20.2. The van der Waals surface area contributed by atoms with E-state index in [1.165, 1.54) is 0 Å². The van der Waals surface area contributed by atoms with Crippen LogP contribution in [0.1, 0.15) is 32.4 Å². The maximum Gasteiger partial charge on any atom is 0.228 e. The summed E-state index contributed by atoms with van der Waals surface area (Å²) < 4.78 is 5.84. The molecule has 0 bridgehead atoms. The van der Waals surface area contributed by atoms with Gasteiger partial charge >= 0.3 is 0 Å². The summed E-state index contributed by atoms with van der Waals surface area (Å²) in [4.78, 5) is 26.1. The Hall–Kier alpha value is -1.83. The largest absolute Gasteiger partial charge is 0.373 e. The van der Waals surface area contributed by atoms with E-state index < -0.39 is 0 Å². The zero-order valence-electron chi connectivity index (χ0n) is 17.3. The zero-order valence-corrected chi connectivity index (χ0v) is 18.1. The molecule has 2 atom stereocenters. The van der Waals surface area contributed by atoms with Crippen LogP contribution >= 0.6 is 11.3 Å². The molecule has 156 valence electrons. The lowest BCUT2D eigenvalue weighted by molar-refractivity contribution is -0.132. The molecule has 1 amide bonds. The Bertz CT molecular complexity index is 794. The Morgan fingerprint density at radius 2 is 2.00 bits per heavy atom. The van der Waals surface area contributed by atoms with Gasteiger partial charge in [0.2, 0.25) is 5.91 Å². The molecule has 2 aromatic heterocycles. The summed E-state index contributed by atoms with van der Waals surface area (Å²) in [6, 6.07) is 3.90. The summed E-state index contributed by atoms with van der Waals surface area (Å²) in [5.41, 5.74) is 1.86. The first-order chi connectivity index (χ1) is 14.1. The van der Waals surface area contributed by atoms with Gasteiger partial charge in [-0.25, -0.2) is 4.98 Å². The number of likely N-dealkylation sites (tertiary alicyclic amines) is 1. The first-order valence-corrected chi connectivity index (χ1v) is 11.4. The molecular formula is C22H30N4O2S. The number of hydrogen-bond donors (Lipinski definition) is 0. The molecule has 4 rings (SSSR count). The van der Waals surface area contributed by atoms with Crippen LogP contribution in [0.5, 0.6) is 0 Å². The standard InChI is InChI=1S/C22H30N4O2S/c1-16-12-25(13-17(2)28-16)14-18-5-8-26(9-6-18)21(27)10-20-15-29-22(24-20)19-4-3-7-23-11-19/h3-4,7,11,15-18H,5-6,8-10,12-14H2,1-2H3. The van der Waals surface area contributed by atoms with Gasteiger partial charge in [-0.05, 0) is 44.7 Å². The Balaban J connectivity index is 1.25. The molecule has 2 saturated heterocycles. The van der Waals surface area contributed by atoms with Gasteiger partial charge in [0.15, 0.2) is 0 Å². The fourth-order valence-electron chi connectivity index (χ4n) is 4.44. The highest BCUT2D eigenvalue weighted by Crippen LogP contribution is 2.24. The summed E-state index contributed by atoms with van der Waals surface area (Å²) in [7, 11) is 0. The molecule has 0 spiro atoms. The number of pyridine rings is 1. The number of morpholine rings is 1. The van der Waals surface area contributed by atoms with E-state index >= 15 is 0 Å². The minimum absolute atomic E-state index is 0.195. The van der Waals surface area contributed by atoms with Crippen LogP contribution in [0.2, 0.25) is 0 Å². The third-order valence-corrected chi connectivity index (χ3v) is 6.71. The van der Waals surface area contributed by atoms with Crippen LogP contribution < -0.4 is 0 Å². The van der Waals surface area contributed by atoms with Crippen LogP contribution in [0.25, 0.3) is 10.6 Å². The third kappa shape index (κ3) is 5.41. The summed E-state index contributed by atoms with van der Waals surface area (Å²) >= 11 is 1.57. The molecule has 6 nitrogen and oxygen atoms in total. The minimum atomic E-state index is 0.195. The fraction of sp³-hybridized carbons (Fsp3) is 0.591. The van der Waals surface area contributed by atoms with Gasteiger partial charge in [-0.2, -0.15) is 0 Å². The van der Waals surface area contributed by atoms with Crippen molar-refractivity contribution in [2.75, 3.05) is 32.7 Å². The number of carbonyl (C=O) groups excluding carboxylic acids is 1. The Labute approximate surface area is 176 Å². The van der Waals surface area contributed by atoms with Crippen molar-refractivity contribution in [1.82, 2.24) is 19.8 Å². The van der Waals surface area contributed by atoms with Crippen LogP contribution in [-0.4, -0.2) is 70.6 Å². The smallest absolute Gasteiger partial charge is 0.228 e. The maximum atomic E-state index is 12.7. The molecule has 2 aliphatic heterocycles. The van der Waals surface area contributed by atoms with Crippen molar-refractivity contribution in [2.24, 2.45) is 5.92 Å². The Kier molecular flexibility index (Phi) is 6.57. The van der Waals surface area contributed by atoms with Gasteiger partial charge in [-0.1, -0.05) is 0 Å². The van der Waals surface area contributed by atoms with E-state index in [-0.39, 0.29) is 5.91 Å². The number of piperidine rings is 1. The van der Waals surface area contributed by atoms with Crippen LogP contribution in [0.4, 0.5) is 0 Å². The van der Waals surface area contributed by atoms with Crippen molar-refractivity contribution in [3.05, 3.63) is 35.6 Å². The average Bonchev–Trinajstić information content (AvgIpc) is 3.17. The van der Waals surface area contributed by atoms with Gasteiger partial charge in [-0.15, -0.1) is 11.3 Å². The SMILES string of the molecule is CC1CN(CC2CCN(C(=O)Cc3csc(-c4cccnc4)n3)CC2)CC(C)O1. The molecule has 0 aliphatic carbocycles. The van der Waals surface area contributed by atoms with Gasteiger partial charge in [0.05, 0.1) is 24.3 Å². The monoisotopic (exact) mass is 414 g/mol. The van der Waals surface area contributed by atoms with Crippen molar-refractivity contribution in [1.29, 1.82) is 0 Å². The third-order valence-electron chi connectivity index (χ3n) is 5.77. The highest BCUT2D eigenvalue weighted by Gasteiger charge is 2.28. The molecule has 2 fully saturated rings. The van der Waals surface area contributed by atoms with E-state index in [0.717, 1.165) is 61.8 Å². The van der Waals surface area contributed by atoms with Gasteiger partial charge in [0.25, 0.3) is 0 Å². The van der Waals surface area contributed by atoms with E-state index in [2.05, 4.69) is 28.7 Å². The second-order valence-corrected chi connectivity index (χ2v) is 9.22. The lowest BCUT2D eigenvalue weighted by Gasteiger charge is -2.39. The predicted octanol–water partition coefficient (Wildman–Crippen LogP) is 3.10. The van der Waals surface area contributed by atoms with E-state index in [9.17, 15) is 4.79 Å². The average molecular weight is 415 g/mol. The normalized spacial score (nSPS) is 24.0. The minimum Gasteiger partial charge on any atom is -0.373 e. The van der Waals surface area contributed by atoms with Gasteiger partial charge in [-0.3, -0.25) is 14.7 Å². The molecule has 2 aromatic rings. The Morgan fingerprint density at radius 1 is 1.24 bits per heavy atom. The second-order valence-electron chi connectivity index (χ2n) is 8.36. The second kappa shape index (κ2) is 9.32. The van der Waals surface area contributed by atoms with Crippen molar-refractivity contribution in [3.63, 3.8) is 0 Å². The number of amides is 1. The summed E-state index contributed by atoms with van der Waals surface area (Å²) in [5.74, 6) is 0.869. The highest BCUT2D eigenvalue weighted by atomic mass is 32.1. The number of ether oxygens (including phenoxy) is 1. The van der Waals surface area contributed by atoms with Crippen molar-refractivity contribution < 1.29 is 9.53 Å². The van der Waals surface area contributed by atoms with Crippen LogP contribution in [0, 0.1) is 5.92 Å². The molecule has 0 radical (unpaired) electrons. The molecule has 2 unspecified atom stereocenters. The number of hydrogen-bond acceptors (Lipinski definition) is 6. The molecule has 7 heteroatoms. The van der Waals surface area contributed by atoms with Crippen molar-refractivity contribution in [3.8, 4) is 10.6 Å². The van der Waals surface area contributed by atoms with Gasteiger partial charge < -0.3 is 9.64 Å². The first kappa shape index (κ1) is 20.4. The molecular weight excluding hydrogens is 384 g/mol. The number of nitrogens with zero attached hydrogens (tertiary/aromatic N) is 4. The fourth-order valence-corrected chi connectivity index (χ4v) is 5.25. The van der Waals surface area contributed by atoms with Crippen LogP contribution in [0.3, 0.4) is 0 Å². The van der Waals surface area contributed by atoms with Crippen LogP contribution in [0.15, 0.2) is 29.9 Å². The molecule has 0 saturated carbocycles. The number of aromatic nitrogens is 2. The topological polar surface area (TPSA) is 58.6 Å². The van der Waals surface area contributed by atoms with Crippen LogP contribution in [-0.2, 0) is 16.0 Å². The highest BCUT2D eigenvalue weighted by molar-refractivity contribution is 7.13. The number of carbonyl (C=O) groups is 1. The number of thiazole rings is 1. The first-order valence-electron chi connectivity index (χ1n) is 10.6. The lowest BCUT2D eigenvalue weighted by Crippen LogP contribution is -2.48. The lowest BCUT2D eigenvalue weighted by atomic mass is 9.95. The van der Waals surface area contributed by atoms with Gasteiger partial charge in [0.1, 0.15) is 5.01 Å². The molecule has 2 aliphatic rings. The summed E-state index contributed by atoms with van der Waals surface area (Å²) in [5, 5.41) is 2.92. The maximum absolute atomic E-state index is 12.7. The summed E-state index contributed by atoms with van der Waals surface area (Å²) in [6.07, 6.45) is 6.76. The van der Waals surface area contributed by atoms with E-state index in [4.69, 9.17) is 4.74 Å².